The number of nitrogens with one attached hydrogen (secondary N) is 3. The summed E-state index contributed by atoms with van der Waals surface area (Å²) in [6.45, 7) is 3.67. The lowest BCUT2D eigenvalue weighted by Gasteiger charge is -2.15. The Labute approximate surface area is 282 Å². The van der Waals surface area contributed by atoms with E-state index in [4.69, 9.17) is 20.8 Å². The van der Waals surface area contributed by atoms with Crippen LogP contribution in [-0.2, 0) is 9.59 Å². The molecule has 0 bridgehead atoms. The van der Waals surface area contributed by atoms with Crippen LogP contribution in [0.15, 0.2) is 124 Å². The zero-order valence-electron chi connectivity index (χ0n) is 25.9. The summed E-state index contributed by atoms with van der Waals surface area (Å²) in [5, 5.41) is 8.67. The highest BCUT2D eigenvalue weighted by atomic mass is 35.5. The van der Waals surface area contributed by atoms with Gasteiger partial charge >= 0.3 is 0 Å². The second-order valence-electron chi connectivity index (χ2n) is 10.4. The number of carbonyl (C=O) groups is 3. The van der Waals surface area contributed by atoms with E-state index < -0.39 is 17.1 Å². The van der Waals surface area contributed by atoms with E-state index in [-0.39, 0.29) is 11.6 Å². The van der Waals surface area contributed by atoms with Gasteiger partial charge in [-0.3, -0.25) is 14.4 Å². The third-order valence-corrected chi connectivity index (χ3v) is 8.66. The molecule has 3 amide bonds. The molecule has 10 heteroatoms. The average Bonchev–Trinajstić information content (AvgIpc) is 3.56. The standard InChI is InChI=1S/C37H32ClN3O5S/c1-23-30(38)13-9-14-31(23)40-35(42)24(2)47-28-19-16-26(17-20-28)39-37(44)32(41-36(43)25-10-5-4-6-11-25)22-27-18-21-34(46-27)29-12-7-8-15-33(29)45-3/h4-22,24H,1-3H3,(H,39,44)(H,40,42)(H,41,43)/b32-22+/t24-/m1/s1. The molecule has 0 aliphatic carbocycles. The first-order valence-corrected chi connectivity index (χ1v) is 15.9. The van der Waals surface area contributed by atoms with E-state index in [0.717, 1.165) is 16.0 Å². The number of rotatable bonds is 11. The molecule has 0 fully saturated rings. The number of methoxy groups -OCH3 is 1. The van der Waals surface area contributed by atoms with Gasteiger partial charge in [-0.1, -0.05) is 48.0 Å². The predicted molar refractivity (Wildman–Crippen MR) is 188 cm³/mol. The normalized spacial score (nSPS) is 11.8. The Hall–Kier alpha value is -5.25. The molecule has 1 aromatic heterocycles. The van der Waals surface area contributed by atoms with Crippen LogP contribution in [0.2, 0.25) is 5.02 Å². The van der Waals surface area contributed by atoms with Gasteiger partial charge in [-0.2, -0.15) is 0 Å². The summed E-state index contributed by atoms with van der Waals surface area (Å²) >= 11 is 7.56. The maximum Gasteiger partial charge on any atom is 0.272 e. The molecule has 0 spiro atoms. The quantitative estimate of drug-likeness (QED) is 0.0965. The number of thioether (sulfide) groups is 1. The van der Waals surface area contributed by atoms with Gasteiger partial charge in [0.1, 0.15) is 23.0 Å². The Bertz CT molecular complexity index is 1920. The van der Waals surface area contributed by atoms with Crippen LogP contribution >= 0.6 is 23.4 Å². The molecule has 47 heavy (non-hydrogen) atoms. The van der Waals surface area contributed by atoms with Crippen LogP contribution in [0.4, 0.5) is 11.4 Å². The van der Waals surface area contributed by atoms with Gasteiger partial charge in [-0.25, -0.2) is 0 Å². The van der Waals surface area contributed by atoms with Crippen LogP contribution in [0.25, 0.3) is 17.4 Å². The molecule has 0 radical (unpaired) electrons. The summed E-state index contributed by atoms with van der Waals surface area (Å²) < 4.78 is 11.5. The predicted octanol–water partition coefficient (Wildman–Crippen LogP) is 8.45. The average molecular weight is 666 g/mol. The first-order chi connectivity index (χ1) is 22.7. The summed E-state index contributed by atoms with van der Waals surface area (Å²) in [4.78, 5) is 40.2. The van der Waals surface area contributed by atoms with Crippen molar-refractivity contribution in [3.05, 3.63) is 137 Å². The molecule has 1 heterocycles. The molecule has 8 nitrogen and oxygen atoms in total. The van der Waals surface area contributed by atoms with Crippen LogP contribution in [0, 0.1) is 6.92 Å². The number of para-hydroxylation sites is 1. The summed E-state index contributed by atoms with van der Waals surface area (Å²) in [6, 6.07) is 32.0. The topological polar surface area (TPSA) is 110 Å². The molecule has 1 atom stereocenters. The van der Waals surface area contributed by atoms with Gasteiger partial charge in [0.05, 0.1) is 17.9 Å². The van der Waals surface area contributed by atoms with Crippen molar-refractivity contribution >= 4 is 58.5 Å². The number of halogens is 1. The highest BCUT2D eigenvalue weighted by molar-refractivity contribution is 8.00. The molecule has 0 aliphatic heterocycles. The van der Waals surface area contributed by atoms with Gasteiger partial charge in [-0.15, -0.1) is 11.8 Å². The van der Waals surface area contributed by atoms with E-state index in [9.17, 15) is 14.4 Å². The fraction of sp³-hybridized carbons (Fsp3) is 0.108. The number of hydrogen-bond acceptors (Lipinski definition) is 6. The van der Waals surface area contributed by atoms with Crippen molar-refractivity contribution in [1.29, 1.82) is 0 Å². The Morgan fingerprint density at radius 3 is 2.32 bits per heavy atom. The number of amides is 3. The minimum Gasteiger partial charge on any atom is -0.496 e. The molecular formula is C37H32ClN3O5S. The minimum atomic E-state index is -0.547. The van der Waals surface area contributed by atoms with Gasteiger partial charge in [0.25, 0.3) is 11.8 Å². The van der Waals surface area contributed by atoms with Crippen molar-refractivity contribution in [3.8, 4) is 17.1 Å². The molecule has 5 aromatic rings. The second kappa shape index (κ2) is 15.4. The van der Waals surface area contributed by atoms with Crippen molar-refractivity contribution in [3.63, 3.8) is 0 Å². The molecule has 238 valence electrons. The Morgan fingerprint density at radius 1 is 0.851 bits per heavy atom. The monoisotopic (exact) mass is 665 g/mol. The third kappa shape index (κ3) is 8.52. The van der Waals surface area contributed by atoms with Crippen molar-refractivity contribution in [2.24, 2.45) is 0 Å². The maximum atomic E-state index is 13.5. The van der Waals surface area contributed by atoms with Crippen LogP contribution in [0.5, 0.6) is 5.75 Å². The summed E-state index contributed by atoms with van der Waals surface area (Å²) in [6.07, 6.45) is 1.47. The lowest BCUT2D eigenvalue weighted by Crippen LogP contribution is -2.30. The molecule has 3 N–H and O–H groups in total. The van der Waals surface area contributed by atoms with Crippen molar-refractivity contribution in [2.45, 2.75) is 24.0 Å². The zero-order chi connectivity index (χ0) is 33.3. The number of ether oxygens (including phenoxy) is 1. The van der Waals surface area contributed by atoms with E-state index >= 15 is 0 Å². The van der Waals surface area contributed by atoms with Crippen LogP contribution in [0.1, 0.15) is 28.6 Å². The van der Waals surface area contributed by atoms with Crippen molar-refractivity contribution < 1.29 is 23.5 Å². The summed E-state index contributed by atoms with van der Waals surface area (Å²) in [5.41, 5.74) is 3.10. The largest absolute Gasteiger partial charge is 0.496 e. The van der Waals surface area contributed by atoms with Gasteiger partial charge < -0.3 is 25.1 Å². The maximum absolute atomic E-state index is 13.5. The molecule has 0 saturated carbocycles. The summed E-state index contributed by atoms with van der Waals surface area (Å²) in [7, 11) is 1.58. The SMILES string of the molecule is COc1ccccc1-c1ccc(/C=C(/NC(=O)c2ccccc2)C(=O)Nc2ccc(S[C@H](C)C(=O)Nc3cccc(Cl)c3C)cc2)o1. The van der Waals surface area contributed by atoms with Crippen molar-refractivity contribution in [1.82, 2.24) is 5.32 Å². The van der Waals surface area contributed by atoms with E-state index in [2.05, 4.69) is 16.0 Å². The van der Waals surface area contributed by atoms with Crippen LogP contribution in [-0.4, -0.2) is 30.1 Å². The van der Waals surface area contributed by atoms with Gasteiger partial charge in [0, 0.05) is 32.9 Å². The van der Waals surface area contributed by atoms with Crippen LogP contribution < -0.4 is 20.7 Å². The van der Waals surface area contributed by atoms with Gasteiger partial charge in [0.2, 0.25) is 5.91 Å². The number of furan rings is 1. The highest BCUT2D eigenvalue weighted by Gasteiger charge is 2.19. The zero-order valence-corrected chi connectivity index (χ0v) is 27.4. The fourth-order valence-electron chi connectivity index (χ4n) is 4.56. The lowest BCUT2D eigenvalue weighted by molar-refractivity contribution is -0.115. The number of anilines is 2. The van der Waals surface area contributed by atoms with Gasteiger partial charge in [0.15, 0.2) is 0 Å². The molecule has 5 rings (SSSR count). The molecular weight excluding hydrogens is 634 g/mol. The van der Waals surface area contributed by atoms with E-state index in [1.807, 2.05) is 56.3 Å². The fourth-order valence-corrected chi connectivity index (χ4v) is 5.60. The van der Waals surface area contributed by atoms with E-state index in [1.54, 1.807) is 73.8 Å². The lowest BCUT2D eigenvalue weighted by atomic mass is 10.1. The van der Waals surface area contributed by atoms with E-state index in [0.29, 0.717) is 39.2 Å². The van der Waals surface area contributed by atoms with Gasteiger partial charge in [-0.05, 0) is 92.2 Å². The molecule has 0 unspecified atom stereocenters. The Kier molecular flexibility index (Phi) is 10.8. The number of hydrogen-bond donors (Lipinski definition) is 3. The number of carbonyl (C=O) groups excluding carboxylic acids is 3. The molecule has 4 aromatic carbocycles. The Balaban J connectivity index is 1.30. The Morgan fingerprint density at radius 2 is 1.57 bits per heavy atom. The van der Waals surface area contributed by atoms with Crippen molar-refractivity contribution in [2.75, 3.05) is 17.7 Å². The van der Waals surface area contributed by atoms with E-state index in [1.165, 1.54) is 17.8 Å². The second-order valence-corrected chi connectivity index (χ2v) is 12.2. The smallest absolute Gasteiger partial charge is 0.272 e. The molecule has 0 aliphatic rings. The molecule has 0 saturated heterocycles. The summed E-state index contributed by atoms with van der Waals surface area (Å²) in [5.74, 6) is 0.386. The van der Waals surface area contributed by atoms with Crippen LogP contribution in [0.3, 0.4) is 0 Å². The highest BCUT2D eigenvalue weighted by Crippen LogP contribution is 2.32. The first kappa shape index (κ1) is 33.1. The first-order valence-electron chi connectivity index (χ1n) is 14.7. The third-order valence-electron chi connectivity index (χ3n) is 7.13. The number of benzene rings is 4. The minimum absolute atomic E-state index is 0.0140.